The molecule has 25 heavy (non-hydrogen) atoms. The Kier molecular flexibility index (Phi) is 6.83. The first-order valence-electron chi connectivity index (χ1n) is 8.31. The predicted molar refractivity (Wildman–Crippen MR) is 97.0 cm³/mol. The highest BCUT2D eigenvalue weighted by Crippen LogP contribution is 2.33. The first-order valence-corrected chi connectivity index (χ1v) is 8.31. The van der Waals surface area contributed by atoms with E-state index in [2.05, 4.69) is 13.5 Å². The fraction of sp³-hybridized carbons (Fsp3) is 0.350. The molecule has 0 saturated heterocycles. The van der Waals surface area contributed by atoms with Crippen LogP contribution in [0.25, 0.3) is 10.8 Å². The van der Waals surface area contributed by atoms with Gasteiger partial charge in [-0.2, -0.15) is 0 Å². The fourth-order valence-electron chi connectivity index (χ4n) is 2.27. The summed E-state index contributed by atoms with van der Waals surface area (Å²) in [7, 11) is 0. The highest BCUT2D eigenvalue weighted by molar-refractivity contribution is 5.93. The predicted octanol–water partition coefficient (Wildman–Crippen LogP) is 3.49. The van der Waals surface area contributed by atoms with Gasteiger partial charge in [0.15, 0.2) is 6.10 Å². The quantitative estimate of drug-likeness (QED) is 0.557. The lowest BCUT2D eigenvalue weighted by Gasteiger charge is -2.18. The van der Waals surface area contributed by atoms with Gasteiger partial charge in [0, 0.05) is 16.3 Å². The SMILES string of the molecule is C=C(C)C(=O)OC(CO)COc1ccc(OCCC)c2ccccc12. The van der Waals surface area contributed by atoms with Gasteiger partial charge in [-0.05, 0) is 25.5 Å². The zero-order chi connectivity index (χ0) is 18.2. The maximum Gasteiger partial charge on any atom is 0.333 e. The highest BCUT2D eigenvalue weighted by Gasteiger charge is 2.16. The van der Waals surface area contributed by atoms with E-state index in [1.807, 2.05) is 36.4 Å². The van der Waals surface area contributed by atoms with Gasteiger partial charge in [0.05, 0.1) is 13.2 Å². The van der Waals surface area contributed by atoms with Gasteiger partial charge in [0.1, 0.15) is 18.1 Å². The van der Waals surface area contributed by atoms with Crippen molar-refractivity contribution in [3.05, 3.63) is 48.6 Å². The van der Waals surface area contributed by atoms with Crippen LogP contribution in [-0.4, -0.2) is 37.0 Å². The topological polar surface area (TPSA) is 65.0 Å². The van der Waals surface area contributed by atoms with Gasteiger partial charge >= 0.3 is 5.97 Å². The van der Waals surface area contributed by atoms with Crippen LogP contribution in [0.15, 0.2) is 48.6 Å². The molecule has 0 saturated carbocycles. The molecule has 0 heterocycles. The Morgan fingerprint density at radius 2 is 1.72 bits per heavy atom. The van der Waals surface area contributed by atoms with Crippen LogP contribution in [0.3, 0.4) is 0 Å². The fourth-order valence-corrected chi connectivity index (χ4v) is 2.27. The Labute approximate surface area is 147 Å². The molecule has 134 valence electrons. The van der Waals surface area contributed by atoms with Crippen molar-refractivity contribution in [3.8, 4) is 11.5 Å². The lowest BCUT2D eigenvalue weighted by molar-refractivity contribution is -0.147. The van der Waals surface area contributed by atoms with Crippen LogP contribution >= 0.6 is 0 Å². The summed E-state index contributed by atoms with van der Waals surface area (Å²) >= 11 is 0. The summed E-state index contributed by atoms with van der Waals surface area (Å²) in [4.78, 5) is 11.6. The van der Waals surface area contributed by atoms with Crippen molar-refractivity contribution in [2.24, 2.45) is 0 Å². The van der Waals surface area contributed by atoms with E-state index in [0.717, 1.165) is 22.9 Å². The minimum absolute atomic E-state index is 0.0503. The van der Waals surface area contributed by atoms with E-state index >= 15 is 0 Å². The van der Waals surface area contributed by atoms with E-state index in [4.69, 9.17) is 14.2 Å². The molecule has 0 bridgehead atoms. The van der Waals surface area contributed by atoms with E-state index < -0.39 is 12.1 Å². The number of ether oxygens (including phenoxy) is 3. The number of rotatable bonds is 9. The van der Waals surface area contributed by atoms with E-state index in [0.29, 0.717) is 12.4 Å². The largest absolute Gasteiger partial charge is 0.493 e. The van der Waals surface area contributed by atoms with Crippen molar-refractivity contribution < 1.29 is 24.1 Å². The molecule has 0 aliphatic heterocycles. The number of benzene rings is 2. The maximum absolute atomic E-state index is 11.6. The van der Waals surface area contributed by atoms with Crippen molar-refractivity contribution in [2.75, 3.05) is 19.8 Å². The first-order chi connectivity index (χ1) is 12.1. The summed E-state index contributed by atoms with van der Waals surface area (Å²) in [5, 5.41) is 11.2. The second-order valence-electron chi connectivity index (χ2n) is 5.76. The third kappa shape index (κ3) is 4.97. The Morgan fingerprint density at radius 3 is 2.24 bits per heavy atom. The minimum atomic E-state index is -0.751. The number of carbonyl (C=O) groups excluding carboxylic acids is 1. The molecule has 2 aromatic carbocycles. The lowest BCUT2D eigenvalue weighted by Crippen LogP contribution is -2.28. The molecule has 1 N–H and O–H groups in total. The Hall–Kier alpha value is -2.53. The number of hydrogen-bond donors (Lipinski definition) is 1. The van der Waals surface area contributed by atoms with Crippen molar-refractivity contribution in [1.29, 1.82) is 0 Å². The summed E-state index contributed by atoms with van der Waals surface area (Å²) in [6, 6.07) is 11.5. The number of aliphatic hydroxyl groups excluding tert-OH is 1. The second kappa shape index (κ2) is 9.08. The monoisotopic (exact) mass is 344 g/mol. The van der Waals surface area contributed by atoms with E-state index in [9.17, 15) is 9.90 Å². The van der Waals surface area contributed by atoms with Crippen LogP contribution in [-0.2, 0) is 9.53 Å². The molecule has 0 aliphatic carbocycles. The van der Waals surface area contributed by atoms with Crippen molar-refractivity contribution >= 4 is 16.7 Å². The van der Waals surface area contributed by atoms with Crippen LogP contribution in [0.2, 0.25) is 0 Å². The van der Waals surface area contributed by atoms with Crippen LogP contribution in [0.5, 0.6) is 11.5 Å². The molecule has 2 aromatic rings. The molecule has 1 atom stereocenters. The average Bonchev–Trinajstić information content (AvgIpc) is 2.63. The van der Waals surface area contributed by atoms with Gasteiger partial charge < -0.3 is 19.3 Å². The molecule has 0 fully saturated rings. The summed E-state index contributed by atoms with van der Waals surface area (Å²) in [5.41, 5.74) is 0.279. The molecular formula is C20H24O5. The van der Waals surface area contributed by atoms with Crippen molar-refractivity contribution in [3.63, 3.8) is 0 Å². The van der Waals surface area contributed by atoms with Gasteiger partial charge in [0.2, 0.25) is 0 Å². The average molecular weight is 344 g/mol. The normalized spacial score (nSPS) is 11.8. The zero-order valence-electron chi connectivity index (χ0n) is 14.7. The summed E-state index contributed by atoms with van der Waals surface area (Å²) in [6.07, 6.45) is 0.178. The van der Waals surface area contributed by atoms with E-state index in [1.165, 1.54) is 0 Å². The van der Waals surface area contributed by atoms with Crippen LogP contribution in [0, 0.1) is 0 Å². The number of carbonyl (C=O) groups is 1. The van der Waals surface area contributed by atoms with Crippen molar-refractivity contribution in [1.82, 2.24) is 0 Å². The van der Waals surface area contributed by atoms with E-state index in [-0.39, 0.29) is 18.8 Å². The highest BCUT2D eigenvalue weighted by atomic mass is 16.6. The molecule has 5 heteroatoms. The number of aliphatic hydroxyl groups is 1. The molecule has 1 unspecified atom stereocenters. The third-order valence-electron chi connectivity index (χ3n) is 3.56. The zero-order valence-corrected chi connectivity index (χ0v) is 14.7. The number of esters is 1. The van der Waals surface area contributed by atoms with Crippen LogP contribution < -0.4 is 9.47 Å². The number of hydrogen-bond acceptors (Lipinski definition) is 5. The smallest absolute Gasteiger partial charge is 0.333 e. The first kappa shape index (κ1) is 18.8. The lowest BCUT2D eigenvalue weighted by atomic mass is 10.1. The summed E-state index contributed by atoms with van der Waals surface area (Å²) in [5.74, 6) is 0.900. The van der Waals surface area contributed by atoms with E-state index in [1.54, 1.807) is 6.92 Å². The molecule has 0 aromatic heterocycles. The van der Waals surface area contributed by atoms with Gasteiger partial charge in [0.25, 0.3) is 0 Å². The molecule has 0 radical (unpaired) electrons. The Morgan fingerprint density at radius 1 is 1.12 bits per heavy atom. The molecular weight excluding hydrogens is 320 g/mol. The molecule has 0 amide bonds. The Balaban J connectivity index is 2.15. The molecule has 0 aliphatic rings. The van der Waals surface area contributed by atoms with Gasteiger partial charge in [-0.25, -0.2) is 4.79 Å². The van der Waals surface area contributed by atoms with Crippen LogP contribution in [0.4, 0.5) is 0 Å². The Bertz CT molecular complexity index is 738. The molecule has 0 spiro atoms. The van der Waals surface area contributed by atoms with Crippen molar-refractivity contribution in [2.45, 2.75) is 26.4 Å². The number of fused-ring (bicyclic) bond motifs is 1. The van der Waals surface area contributed by atoms with Gasteiger partial charge in [-0.15, -0.1) is 0 Å². The molecule has 2 rings (SSSR count). The van der Waals surface area contributed by atoms with Crippen LogP contribution in [0.1, 0.15) is 20.3 Å². The summed E-state index contributed by atoms with van der Waals surface area (Å²) in [6.45, 7) is 7.51. The molecule has 5 nitrogen and oxygen atoms in total. The maximum atomic E-state index is 11.6. The minimum Gasteiger partial charge on any atom is -0.493 e. The summed E-state index contributed by atoms with van der Waals surface area (Å²) < 4.78 is 16.7. The second-order valence-corrected chi connectivity index (χ2v) is 5.76. The van der Waals surface area contributed by atoms with Gasteiger partial charge in [-0.3, -0.25) is 0 Å². The standard InChI is InChI=1S/C20H24O5/c1-4-11-23-18-9-10-19(17-8-6-5-7-16(17)18)24-13-15(12-21)25-20(22)14(2)3/h5-10,15,21H,2,4,11-13H2,1,3H3. The third-order valence-corrected chi connectivity index (χ3v) is 3.56. The van der Waals surface area contributed by atoms with Gasteiger partial charge in [-0.1, -0.05) is 37.8 Å².